The summed E-state index contributed by atoms with van der Waals surface area (Å²) >= 11 is 3.56. The van der Waals surface area contributed by atoms with Crippen LogP contribution in [0.2, 0.25) is 0 Å². The number of hydrogen-bond donors (Lipinski definition) is 0. The Morgan fingerprint density at radius 3 is 2.69 bits per heavy atom. The van der Waals surface area contributed by atoms with Gasteiger partial charge in [-0.1, -0.05) is 34.1 Å². The summed E-state index contributed by atoms with van der Waals surface area (Å²) in [5.41, 5.74) is 2.50. The summed E-state index contributed by atoms with van der Waals surface area (Å²) in [5.74, 6) is 0. The molecule has 0 spiro atoms. The lowest BCUT2D eigenvalue weighted by atomic mass is 10.2. The van der Waals surface area contributed by atoms with Crippen LogP contribution in [0.4, 0.5) is 0 Å². The van der Waals surface area contributed by atoms with E-state index in [2.05, 4.69) is 46.1 Å². The van der Waals surface area contributed by atoms with Gasteiger partial charge in [0, 0.05) is 23.1 Å². The molecule has 1 aromatic carbocycles. The molecule has 0 amide bonds. The lowest BCUT2D eigenvalue weighted by Gasteiger charge is -2.16. The van der Waals surface area contributed by atoms with Gasteiger partial charge in [0.25, 0.3) is 0 Å². The highest BCUT2D eigenvalue weighted by Gasteiger charge is 2.04. The smallest absolute Gasteiger partial charge is 0.0947 e. The maximum Gasteiger partial charge on any atom is 0.0947 e. The third-order valence-electron chi connectivity index (χ3n) is 2.43. The summed E-state index contributed by atoms with van der Waals surface area (Å²) in [4.78, 5) is 2.25. The molecular weight excluding hydrogens is 266 g/mol. The lowest BCUT2D eigenvalue weighted by molar-refractivity contribution is 0.317. The van der Waals surface area contributed by atoms with Crippen LogP contribution in [0.15, 0.2) is 51.7 Å². The van der Waals surface area contributed by atoms with Crippen molar-refractivity contribution in [3.8, 4) is 0 Å². The highest BCUT2D eigenvalue weighted by Crippen LogP contribution is 2.18. The SMILES string of the molecule is CN(Cc1ccoc1)Cc1ccccc1Br. The molecule has 2 rings (SSSR count). The zero-order chi connectivity index (χ0) is 11.4. The van der Waals surface area contributed by atoms with E-state index in [1.54, 1.807) is 12.5 Å². The molecule has 2 nitrogen and oxygen atoms in total. The Balaban J connectivity index is 1.97. The monoisotopic (exact) mass is 279 g/mol. The van der Waals surface area contributed by atoms with Gasteiger partial charge in [-0.3, -0.25) is 4.90 Å². The minimum atomic E-state index is 0.901. The van der Waals surface area contributed by atoms with E-state index in [4.69, 9.17) is 4.42 Å². The second kappa shape index (κ2) is 5.32. The van der Waals surface area contributed by atoms with Gasteiger partial charge in [0.1, 0.15) is 0 Å². The van der Waals surface area contributed by atoms with Crippen LogP contribution in [0.5, 0.6) is 0 Å². The molecule has 16 heavy (non-hydrogen) atoms. The molecule has 0 bridgehead atoms. The fraction of sp³-hybridized carbons (Fsp3) is 0.231. The van der Waals surface area contributed by atoms with Crippen molar-refractivity contribution in [3.05, 3.63) is 58.5 Å². The molecule has 0 saturated carbocycles. The van der Waals surface area contributed by atoms with Crippen molar-refractivity contribution in [1.29, 1.82) is 0 Å². The van der Waals surface area contributed by atoms with E-state index < -0.39 is 0 Å². The third kappa shape index (κ3) is 2.97. The Morgan fingerprint density at radius 1 is 1.19 bits per heavy atom. The Labute approximate surface area is 104 Å². The van der Waals surface area contributed by atoms with Crippen LogP contribution >= 0.6 is 15.9 Å². The zero-order valence-corrected chi connectivity index (χ0v) is 10.8. The van der Waals surface area contributed by atoms with Crippen LogP contribution in [-0.4, -0.2) is 11.9 Å². The van der Waals surface area contributed by atoms with Crippen molar-refractivity contribution < 1.29 is 4.42 Å². The quantitative estimate of drug-likeness (QED) is 0.849. The van der Waals surface area contributed by atoms with Crippen LogP contribution in [0.1, 0.15) is 11.1 Å². The second-order valence-electron chi connectivity index (χ2n) is 3.90. The first-order chi connectivity index (χ1) is 7.75. The van der Waals surface area contributed by atoms with Gasteiger partial charge in [-0.25, -0.2) is 0 Å². The van der Waals surface area contributed by atoms with Gasteiger partial charge >= 0.3 is 0 Å². The molecule has 0 radical (unpaired) electrons. The zero-order valence-electron chi connectivity index (χ0n) is 9.19. The average molecular weight is 280 g/mol. The van der Waals surface area contributed by atoms with E-state index in [1.165, 1.54) is 11.1 Å². The predicted molar refractivity (Wildman–Crippen MR) is 68.0 cm³/mol. The molecule has 84 valence electrons. The van der Waals surface area contributed by atoms with Crippen LogP contribution in [0.25, 0.3) is 0 Å². The summed E-state index contributed by atoms with van der Waals surface area (Å²) in [6.07, 6.45) is 3.50. The minimum absolute atomic E-state index is 0.901. The molecule has 0 aliphatic heterocycles. The Morgan fingerprint density at radius 2 is 2.00 bits per heavy atom. The molecule has 1 aromatic heterocycles. The second-order valence-corrected chi connectivity index (χ2v) is 4.75. The van der Waals surface area contributed by atoms with Gasteiger partial charge in [-0.2, -0.15) is 0 Å². The van der Waals surface area contributed by atoms with Gasteiger partial charge in [0.2, 0.25) is 0 Å². The van der Waals surface area contributed by atoms with E-state index in [-0.39, 0.29) is 0 Å². The number of benzene rings is 1. The van der Waals surface area contributed by atoms with E-state index in [9.17, 15) is 0 Å². The molecule has 0 fully saturated rings. The summed E-state index contributed by atoms with van der Waals surface area (Å²) in [6, 6.07) is 10.3. The van der Waals surface area contributed by atoms with Crippen LogP contribution in [0.3, 0.4) is 0 Å². The van der Waals surface area contributed by atoms with Crippen molar-refractivity contribution >= 4 is 15.9 Å². The van der Waals surface area contributed by atoms with E-state index >= 15 is 0 Å². The fourth-order valence-electron chi connectivity index (χ4n) is 1.67. The Kier molecular flexibility index (Phi) is 3.80. The lowest BCUT2D eigenvalue weighted by Crippen LogP contribution is -2.17. The molecule has 0 N–H and O–H groups in total. The number of nitrogens with zero attached hydrogens (tertiary/aromatic N) is 1. The largest absolute Gasteiger partial charge is 0.472 e. The standard InChI is InChI=1S/C13H14BrNO/c1-15(8-11-6-7-16-10-11)9-12-4-2-3-5-13(12)14/h2-7,10H,8-9H2,1H3. The van der Waals surface area contributed by atoms with Crippen molar-refractivity contribution in [2.45, 2.75) is 13.1 Å². The number of furan rings is 1. The molecule has 0 atom stereocenters. The van der Waals surface area contributed by atoms with Crippen molar-refractivity contribution in [3.63, 3.8) is 0 Å². The number of halogens is 1. The summed E-state index contributed by atoms with van der Waals surface area (Å²) < 4.78 is 6.21. The van der Waals surface area contributed by atoms with Gasteiger partial charge in [0.05, 0.1) is 12.5 Å². The maximum absolute atomic E-state index is 5.05. The topological polar surface area (TPSA) is 16.4 Å². The summed E-state index contributed by atoms with van der Waals surface area (Å²) in [5, 5.41) is 0. The molecule has 2 aromatic rings. The highest BCUT2D eigenvalue weighted by atomic mass is 79.9. The molecular formula is C13H14BrNO. The van der Waals surface area contributed by atoms with E-state index in [0.717, 1.165) is 17.6 Å². The van der Waals surface area contributed by atoms with Crippen molar-refractivity contribution in [1.82, 2.24) is 4.90 Å². The predicted octanol–water partition coefficient (Wildman–Crippen LogP) is 3.67. The van der Waals surface area contributed by atoms with Gasteiger partial charge in [-0.15, -0.1) is 0 Å². The van der Waals surface area contributed by atoms with Crippen molar-refractivity contribution in [2.75, 3.05) is 7.05 Å². The Bertz CT molecular complexity index is 439. The summed E-state index contributed by atoms with van der Waals surface area (Å²) in [7, 11) is 2.10. The van der Waals surface area contributed by atoms with E-state index in [1.807, 2.05) is 12.1 Å². The molecule has 0 saturated heterocycles. The van der Waals surface area contributed by atoms with Gasteiger partial charge in [0.15, 0.2) is 0 Å². The van der Waals surface area contributed by atoms with Gasteiger partial charge < -0.3 is 4.42 Å². The number of rotatable bonds is 4. The maximum atomic E-state index is 5.05. The van der Waals surface area contributed by atoms with Gasteiger partial charge in [-0.05, 0) is 24.7 Å². The van der Waals surface area contributed by atoms with Crippen LogP contribution in [0, 0.1) is 0 Å². The molecule has 3 heteroatoms. The van der Waals surface area contributed by atoms with Crippen LogP contribution < -0.4 is 0 Å². The van der Waals surface area contributed by atoms with Crippen molar-refractivity contribution in [2.24, 2.45) is 0 Å². The molecule has 1 heterocycles. The van der Waals surface area contributed by atoms with E-state index in [0.29, 0.717) is 0 Å². The normalized spacial score (nSPS) is 10.9. The highest BCUT2D eigenvalue weighted by molar-refractivity contribution is 9.10. The Hall–Kier alpha value is -1.06. The van der Waals surface area contributed by atoms with Crippen LogP contribution in [-0.2, 0) is 13.1 Å². The minimum Gasteiger partial charge on any atom is -0.472 e. The molecule has 0 aliphatic rings. The first-order valence-corrected chi connectivity index (χ1v) is 5.98. The average Bonchev–Trinajstić information content (AvgIpc) is 2.74. The molecule has 0 aliphatic carbocycles. The first kappa shape index (κ1) is 11.4. The molecule has 0 unspecified atom stereocenters. The fourth-order valence-corrected chi connectivity index (χ4v) is 2.08. The first-order valence-electron chi connectivity index (χ1n) is 5.19. The third-order valence-corrected chi connectivity index (χ3v) is 3.20. The summed E-state index contributed by atoms with van der Waals surface area (Å²) in [6.45, 7) is 1.82. The number of hydrogen-bond acceptors (Lipinski definition) is 2.